The summed E-state index contributed by atoms with van der Waals surface area (Å²) >= 11 is 0. The summed E-state index contributed by atoms with van der Waals surface area (Å²) in [5.74, 6) is -0.500. The van der Waals surface area contributed by atoms with Crippen LogP contribution in [0.1, 0.15) is 29.9 Å². The Balaban J connectivity index is 2.70. The van der Waals surface area contributed by atoms with Gasteiger partial charge in [-0.3, -0.25) is 9.89 Å². The highest BCUT2D eigenvalue weighted by atomic mass is 16.5. The van der Waals surface area contributed by atoms with Crippen molar-refractivity contribution in [2.45, 2.75) is 20.3 Å². The minimum atomic E-state index is -0.500. The Hall–Kier alpha value is -2.11. The molecule has 0 radical (unpaired) electrons. The predicted octanol–water partition coefficient (Wildman–Crippen LogP) is 0.990. The molecule has 0 fully saturated rings. The van der Waals surface area contributed by atoms with Gasteiger partial charge in [0.25, 0.3) is 0 Å². The highest BCUT2D eigenvalue weighted by Gasteiger charge is 2.17. The van der Waals surface area contributed by atoms with Gasteiger partial charge in [-0.1, -0.05) is 6.92 Å². The van der Waals surface area contributed by atoms with Crippen LogP contribution in [0.15, 0.2) is 10.9 Å². The number of nitrogens with zero attached hydrogens (tertiary/aromatic N) is 1. The lowest BCUT2D eigenvalue weighted by atomic mass is 10.1. The number of H-pyrrole nitrogens is 2. The number of esters is 1. The Labute approximate surface area is 97.0 Å². The zero-order valence-corrected chi connectivity index (χ0v) is 9.66. The summed E-state index contributed by atoms with van der Waals surface area (Å²) in [4.78, 5) is 25.7. The number of aryl methyl sites for hydroxylation is 1. The molecule has 0 amide bonds. The number of pyridine rings is 1. The van der Waals surface area contributed by atoms with Crippen LogP contribution in [-0.2, 0) is 11.2 Å². The van der Waals surface area contributed by atoms with Gasteiger partial charge in [0.1, 0.15) is 0 Å². The number of carbonyl (C=O) groups is 1. The van der Waals surface area contributed by atoms with Crippen molar-refractivity contribution in [2.75, 3.05) is 6.61 Å². The summed E-state index contributed by atoms with van der Waals surface area (Å²) in [6.45, 7) is 3.93. The number of carbonyl (C=O) groups excluding carboxylic acids is 1. The van der Waals surface area contributed by atoms with E-state index in [0.29, 0.717) is 17.5 Å². The standard InChI is InChI=1S/C11H13N3O3/c1-3-7-9-6(11(16)17-4-2)5-8(15)12-10(9)14-13-7/h5H,3-4H2,1-2H3,(H2,12,13,14,15). The average Bonchev–Trinajstić information content (AvgIpc) is 2.70. The van der Waals surface area contributed by atoms with E-state index >= 15 is 0 Å². The molecule has 0 aliphatic rings. The van der Waals surface area contributed by atoms with Crippen molar-refractivity contribution in [1.82, 2.24) is 15.2 Å². The van der Waals surface area contributed by atoms with Crippen molar-refractivity contribution >= 4 is 17.0 Å². The summed E-state index contributed by atoms with van der Waals surface area (Å²) in [6.07, 6.45) is 0.689. The second-order valence-corrected chi connectivity index (χ2v) is 3.55. The summed E-state index contributed by atoms with van der Waals surface area (Å²) in [6, 6.07) is 1.25. The summed E-state index contributed by atoms with van der Waals surface area (Å²) in [5, 5.41) is 7.40. The molecule has 0 aliphatic carbocycles. The molecule has 6 nitrogen and oxygen atoms in total. The lowest BCUT2D eigenvalue weighted by Gasteiger charge is -2.03. The van der Waals surface area contributed by atoms with Crippen LogP contribution in [0.5, 0.6) is 0 Å². The normalized spacial score (nSPS) is 10.7. The first-order chi connectivity index (χ1) is 8.17. The molecular formula is C11H13N3O3. The van der Waals surface area contributed by atoms with Crippen LogP contribution in [0.2, 0.25) is 0 Å². The molecule has 6 heteroatoms. The molecule has 2 rings (SSSR count). The third kappa shape index (κ3) is 1.93. The van der Waals surface area contributed by atoms with Crippen molar-refractivity contribution < 1.29 is 9.53 Å². The molecule has 0 aliphatic heterocycles. The van der Waals surface area contributed by atoms with Crippen LogP contribution in [0.4, 0.5) is 0 Å². The highest BCUT2D eigenvalue weighted by molar-refractivity contribution is 6.03. The molecule has 0 saturated heterocycles. The van der Waals surface area contributed by atoms with E-state index in [1.54, 1.807) is 6.92 Å². The smallest absolute Gasteiger partial charge is 0.339 e. The van der Waals surface area contributed by atoms with Crippen molar-refractivity contribution in [2.24, 2.45) is 0 Å². The zero-order chi connectivity index (χ0) is 12.4. The van der Waals surface area contributed by atoms with Crippen LogP contribution in [0, 0.1) is 0 Å². The van der Waals surface area contributed by atoms with E-state index in [-0.39, 0.29) is 17.7 Å². The second kappa shape index (κ2) is 4.40. The fourth-order valence-corrected chi connectivity index (χ4v) is 1.74. The fraction of sp³-hybridized carbons (Fsp3) is 0.364. The summed E-state index contributed by atoms with van der Waals surface area (Å²) in [5.41, 5.74) is 1.09. The van der Waals surface area contributed by atoms with Crippen LogP contribution >= 0.6 is 0 Å². The molecule has 0 atom stereocenters. The third-order valence-electron chi connectivity index (χ3n) is 2.48. The predicted molar refractivity (Wildman–Crippen MR) is 62.0 cm³/mol. The molecule has 0 saturated carbocycles. The summed E-state index contributed by atoms with van der Waals surface area (Å²) in [7, 11) is 0. The highest BCUT2D eigenvalue weighted by Crippen LogP contribution is 2.18. The fourth-order valence-electron chi connectivity index (χ4n) is 1.74. The van der Waals surface area contributed by atoms with Crippen LogP contribution in [0.25, 0.3) is 11.0 Å². The van der Waals surface area contributed by atoms with Gasteiger partial charge in [-0.25, -0.2) is 4.79 Å². The number of rotatable bonds is 3. The maximum absolute atomic E-state index is 11.8. The molecule has 0 spiro atoms. The van der Waals surface area contributed by atoms with Gasteiger partial charge in [0.05, 0.1) is 17.6 Å². The number of ether oxygens (including phenoxy) is 1. The van der Waals surface area contributed by atoms with Gasteiger partial charge < -0.3 is 9.72 Å². The Bertz CT molecular complexity index is 612. The molecule has 2 N–H and O–H groups in total. The van der Waals surface area contributed by atoms with Crippen LogP contribution < -0.4 is 5.56 Å². The van der Waals surface area contributed by atoms with Gasteiger partial charge in [-0.2, -0.15) is 5.10 Å². The lowest BCUT2D eigenvalue weighted by Crippen LogP contribution is -2.12. The Kier molecular flexibility index (Phi) is 2.95. The van der Waals surface area contributed by atoms with Gasteiger partial charge in [-0.05, 0) is 13.3 Å². The molecule has 2 aromatic rings. The van der Waals surface area contributed by atoms with E-state index in [2.05, 4.69) is 15.2 Å². The first-order valence-electron chi connectivity index (χ1n) is 5.44. The molecule has 2 heterocycles. The Morgan fingerprint density at radius 3 is 2.88 bits per heavy atom. The van der Waals surface area contributed by atoms with E-state index < -0.39 is 5.97 Å². The Morgan fingerprint density at radius 1 is 1.47 bits per heavy atom. The number of fused-ring (bicyclic) bond motifs is 1. The molecule has 2 aromatic heterocycles. The molecule has 0 bridgehead atoms. The van der Waals surface area contributed by atoms with Crippen LogP contribution in [-0.4, -0.2) is 27.8 Å². The van der Waals surface area contributed by atoms with Gasteiger partial charge in [0.15, 0.2) is 5.65 Å². The van der Waals surface area contributed by atoms with Crippen LogP contribution in [0.3, 0.4) is 0 Å². The number of hydrogen-bond donors (Lipinski definition) is 2. The number of hydrogen-bond acceptors (Lipinski definition) is 4. The topological polar surface area (TPSA) is 87.8 Å². The minimum absolute atomic E-state index is 0.260. The number of nitrogens with one attached hydrogen (secondary N) is 2. The van der Waals surface area contributed by atoms with Gasteiger partial charge in [0, 0.05) is 11.8 Å². The quantitative estimate of drug-likeness (QED) is 0.776. The maximum Gasteiger partial charge on any atom is 0.339 e. The van der Waals surface area contributed by atoms with Crippen molar-refractivity contribution in [3.8, 4) is 0 Å². The average molecular weight is 235 g/mol. The van der Waals surface area contributed by atoms with Gasteiger partial charge in [-0.15, -0.1) is 0 Å². The van der Waals surface area contributed by atoms with E-state index in [1.807, 2.05) is 6.92 Å². The zero-order valence-electron chi connectivity index (χ0n) is 9.66. The van der Waals surface area contributed by atoms with Crippen molar-refractivity contribution in [1.29, 1.82) is 0 Å². The van der Waals surface area contributed by atoms with E-state index in [0.717, 1.165) is 5.69 Å². The largest absolute Gasteiger partial charge is 0.462 e. The van der Waals surface area contributed by atoms with Gasteiger partial charge in [0.2, 0.25) is 5.56 Å². The molecule has 90 valence electrons. The van der Waals surface area contributed by atoms with E-state index in [1.165, 1.54) is 6.07 Å². The number of aromatic nitrogens is 3. The lowest BCUT2D eigenvalue weighted by molar-refractivity contribution is 0.0528. The monoisotopic (exact) mass is 235 g/mol. The molecule has 0 unspecified atom stereocenters. The molecular weight excluding hydrogens is 222 g/mol. The van der Waals surface area contributed by atoms with Gasteiger partial charge >= 0.3 is 5.97 Å². The maximum atomic E-state index is 11.8. The van der Waals surface area contributed by atoms with Crippen molar-refractivity contribution in [3.05, 3.63) is 27.7 Å². The SMILES string of the molecule is CCOC(=O)c1cc(=O)[nH]c2n[nH]c(CC)c12. The van der Waals surface area contributed by atoms with Crippen molar-refractivity contribution in [3.63, 3.8) is 0 Å². The van der Waals surface area contributed by atoms with E-state index in [4.69, 9.17) is 4.74 Å². The Morgan fingerprint density at radius 2 is 2.24 bits per heavy atom. The third-order valence-corrected chi connectivity index (χ3v) is 2.48. The first kappa shape index (κ1) is 11.4. The molecule has 0 aromatic carbocycles. The van der Waals surface area contributed by atoms with E-state index in [9.17, 15) is 9.59 Å². The molecule has 17 heavy (non-hydrogen) atoms. The first-order valence-corrected chi connectivity index (χ1v) is 5.44. The number of aromatic amines is 2. The second-order valence-electron chi connectivity index (χ2n) is 3.55. The summed E-state index contributed by atoms with van der Waals surface area (Å²) < 4.78 is 4.93. The minimum Gasteiger partial charge on any atom is -0.462 e.